The Kier molecular flexibility index (Phi) is 4.72. The van der Waals surface area contributed by atoms with Crippen LogP contribution in [0.5, 0.6) is 0 Å². The number of hydrogen-bond donors (Lipinski definition) is 1. The van der Waals surface area contributed by atoms with Crippen LogP contribution in [-0.4, -0.2) is 32.6 Å². The van der Waals surface area contributed by atoms with Crippen LogP contribution in [0.4, 0.5) is 11.5 Å². The minimum Gasteiger partial charge on any atom is -0.393 e. The molecule has 0 aliphatic heterocycles. The summed E-state index contributed by atoms with van der Waals surface area (Å²) in [5.41, 5.74) is 8.45. The van der Waals surface area contributed by atoms with Crippen molar-refractivity contribution in [2.24, 2.45) is 0 Å². The fourth-order valence-corrected chi connectivity index (χ4v) is 2.64. The first-order valence-corrected chi connectivity index (χ1v) is 7.78. The summed E-state index contributed by atoms with van der Waals surface area (Å²) in [7, 11) is 0. The molecule has 8 nitrogen and oxygen atoms in total. The van der Waals surface area contributed by atoms with Crippen molar-refractivity contribution >= 4 is 22.5 Å². The van der Waals surface area contributed by atoms with Crippen LogP contribution >= 0.6 is 0 Å². The monoisotopic (exact) mass is 332 g/mol. The summed E-state index contributed by atoms with van der Waals surface area (Å²) in [5.74, 6) is 1.05. The third kappa shape index (κ3) is 3.19. The third-order valence-corrected chi connectivity index (χ3v) is 3.81. The molecule has 1 aromatic carbocycles. The normalized spacial score (nSPS) is 10.3. The molecule has 0 atom stereocenters. The molecule has 2 N–H and O–H groups in total. The minimum absolute atomic E-state index is 0.318. The molecule has 3 aromatic rings. The maximum Gasteiger partial charge on any atom is 0.167 e. The Morgan fingerprint density at radius 2 is 1.76 bits per heavy atom. The predicted octanol–water partition coefficient (Wildman–Crippen LogP) is 2.03. The molecule has 0 aliphatic rings. The van der Waals surface area contributed by atoms with E-state index >= 15 is 0 Å². The molecule has 2 heterocycles. The largest absolute Gasteiger partial charge is 0.393 e. The fourth-order valence-electron chi connectivity index (χ4n) is 2.64. The van der Waals surface area contributed by atoms with Gasteiger partial charge in [0.05, 0.1) is 36.0 Å². The second-order valence-corrected chi connectivity index (χ2v) is 5.34. The molecular weight excluding hydrogens is 316 g/mol. The highest BCUT2D eigenvalue weighted by Gasteiger charge is 2.17. The summed E-state index contributed by atoms with van der Waals surface area (Å²) in [5, 5.41) is 17.7. The summed E-state index contributed by atoms with van der Waals surface area (Å²) >= 11 is 0. The van der Waals surface area contributed by atoms with Crippen LogP contribution in [0, 0.1) is 22.7 Å². The number of nitrogens with two attached hydrogens (primary N) is 1. The quantitative estimate of drug-likeness (QED) is 0.733. The van der Waals surface area contributed by atoms with Crippen molar-refractivity contribution in [1.29, 1.82) is 10.5 Å². The molecule has 2 aromatic heterocycles. The molecule has 0 radical (unpaired) electrons. The number of benzene rings is 1. The summed E-state index contributed by atoms with van der Waals surface area (Å²) < 4.78 is 1.81. The van der Waals surface area contributed by atoms with E-state index in [1.165, 1.54) is 6.33 Å². The average Bonchev–Trinajstić information content (AvgIpc) is 3.06. The van der Waals surface area contributed by atoms with Crippen molar-refractivity contribution in [2.75, 3.05) is 23.7 Å². The molecule has 25 heavy (non-hydrogen) atoms. The first-order chi connectivity index (χ1) is 12.3. The Hall–Kier alpha value is -3.65. The van der Waals surface area contributed by atoms with Gasteiger partial charge >= 0.3 is 0 Å². The Labute approximate surface area is 144 Å². The van der Waals surface area contributed by atoms with Crippen LogP contribution in [0.3, 0.4) is 0 Å². The zero-order chi connectivity index (χ0) is 17.6. The van der Waals surface area contributed by atoms with Crippen LogP contribution in [0.15, 0.2) is 36.9 Å². The van der Waals surface area contributed by atoms with Crippen molar-refractivity contribution in [3.8, 4) is 18.0 Å². The van der Waals surface area contributed by atoms with Crippen molar-refractivity contribution in [2.45, 2.75) is 12.8 Å². The number of hydrogen-bond acceptors (Lipinski definition) is 7. The number of imidazole rings is 1. The molecule has 0 bridgehead atoms. The molecule has 0 unspecified atom stereocenters. The van der Waals surface area contributed by atoms with Gasteiger partial charge in [0, 0.05) is 13.1 Å². The van der Waals surface area contributed by atoms with Gasteiger partial charge < -0.3 is 10.6 Å². The highest BCUT2D eigenvalue weighted by atomic mass is 15.2. The number of aromatic nitrogens is 4. The van der Waals surface area contributed by atoms with Gasteiger partial charge in [-0.2, -0.15) is 10.5 Å². The lowest BCUT2D eigenvalue weighted by Crippen LogP contribution is -2.27. The van der Waals surface area contributed by atoms with E-state index in [4.69, 9.17) is 16.3 Å². The molecule has 3 rings (SSSR count). The lowest BCUT2D eigenvalue weighted by Gasteiger charge is -2.23. The van der Waals surface area contributed by atoms with Crippen molar-refractivity contribution < 1.29 is 0 Å². The van der Waals surface area contributed by atoms with Crippen LogP contribution in [0.25, 0.3) is 16.9 Å². The van der Waals surface area contributed by atoms with Gasteiger partial charge in [-0.25, -0.2) is 15.0 Å². The number of rotatable bonds is 6. The van der Waals surface area contributed by atoms with E-state index in [0.29, 0.717) is 43.3 Å². The third-order valence-electron chi connectivity index (χ3n) is 3.81. The maximum absolute atomic E-state index is 8.86. The number of para-hydroxylation sites is 2. The molecule has 124 valence electrons. The van der Waals surface area contributed by atoms with Crippen LogP contribution < -0.4 is 10.6 Å². The Balaban J connectivity index is 2.04. The van der Waals surface area contributed by atoms with E-state index in [0.717, 1.165) is 11.0 Å². The fraction of sp³-hybridized carbons (Fsp3) is 0.235. The zero-order valence-corrected chi connectivity index (χ0v) is 13.5. The highest BCUT2D eigenvalue weighted by molar-refractivity contribution is 5.80. The van der Waals surface area contributed by atoms with E-state index < -0.39 is 0 Å². The van der Waals surface area contributed by atoms with Crippen LogP contribution in [-0.2, 0) is 0 Å². The maximum atomic E-state index is 8.86. The molecule has 0 spiro atoms. The molecule has 8 heteroatoms. The Bertz CT molecular complexity index is 945. The van der Waals surface area contributed by atoms with Crippen LogP contribution in [0.2, 0.25) is 0 Å². The first kappa shape index (κ1) is 16.2. The minimum atomic E-state index is 0.318. The van der Waals surface area contributed by atoms with Crippen molar-refractivity contribution in [3.05, 3.63) is 36.9 Å². The average molecular weight is 332 g/mol. The van der Waals surface area contributed by atoms with Gasteiger partial charge in [0.15, 0.2) is 11.6 Å². The number of nitrogen functional groups attached to an aromatic ring is 1. The summed E-state index contributed by atoms with van der Waals surface area (Å²) in [6.45, 7) is 0.896. The second kappa shape index (κ2) is 7.28. The number of nitrogens with zero attached hydrogens (tertiary/aromatic N) is 7. The van der Waals surface area contributed by atoms with Gasteiger partial charge in [-0.05, 0) is 12.1 Å². The molecular formula is C17H16N8. The van der Waals surface area contributed by atoms with Gasteiger partial charge in [0.1, 0.15) is 18.3 Å². The van der Waals surface area contributed by atoms with E-state index in [2.05, 4.69) is 27.1 Å². The summed E-state index contributed by atoms with van der Waals surface area (Å²) in [4.78, 5) is 14.8. The zero-order valence-electron chi connectivity index (χ0n) is 13.5. The first-order valence-electron chi connectivity index (χ1n) is 7.78. The number of anilines is 2. The molecule has 0 aliphatic carbocycles. The summed E-state index contributed by atoms with van der Waals surface area (Å²) in [6.07, 6.45) is 3.74. The lowest BCUT2D eigenvalue weighted by molar-refractivity contribution is 0.779. The van der Waals surface area contributed by atoms with Crippen molar-refractivity contribution in [3.63, 3.8) is 0 Å². The van der Waals surface area contributed by atoms with Crippen molar-refractivity contribution in [1.82, 2.24) is 19.5 Å². The SMILES string of the molecule is N#CCCN(CCC#N)c1ncnc(-n2cnc3ccccc32)c1N. The molecule has 0 saturated heterocycles. The van der Waals surface area contributed by atoms with Gasteiger partial charge in [-0.15, -0.1) is 0 Å². The second-order valence-electron chi connectivity index (χ2n) is 5.34. The predicted molar refractivity (Wildman–Crippen MR) is 93.7 cm³/mol. The van der Waals surface area contributed by atoms with E-state index in [1.807, 2.05) is 33.7 Å². The van der Waals surface area contributed by atoms with E-state index in [-0.39, 0.29) is 0 Å². The van der Waals surface area contributed by atoms with E-state index in [9.17, 15) is 0 Å². The van der Waals surface area contributed by atoms with Crippen LogP contribution in [0.1, 0.15) is 12.8 Å². The summed E-state index contributed by atoms with van der Waals surface area (Å²) in [6, 6.07) is 11.9. The van der Waals surface area contributed by atoms with Gasteiger partial charge in [-0.3, -0.25) is 4.57 Å². The molecule has 0 saturated carbocycles. The Morgan fingerprint density at radius 3 is 2.48 bits per heavy atom. The highest BCUT2D eigenvalue weighted by Crippen LogP contribution is 2.27. The topological polar surface area (TPSA) is 120 Å². The number of nitriles is 2. The van der Waals surface area contributed by atoms with Gasteiger partial charge in [0.2, 0.25) is 0 Å². The smallest absolute Gasteiger partial charge is 0.167 e. The molecule has 0 amide bonds. The van der Waals surface area contributed by atoms with Gasteiger partial charge in [-0.1, -0.05) is 12.1 Å². The van der Waals surface area contributed by atoms with Gasteiger partial charge in [0.25, 0.3) is 0 Å². The van der Waals surface area contributed by atoms with E-state index in [1.54, 1.807) is 6.33 Å². The number of fused-ring (bicyclic) bond motifs is 1. The molecule has 0 fully saturated rings. The lowest BCUT2D eigenvalue weighted by atomic mass is 10.3. The Morgan fingerprint density at radius 1 is 1.04 bits per heavy atom. The standard InChI is InChI=1S/C17H16N8/c18-7-3-9-24(10-4-8-19)16-15(20)17(22-11-21-16)25-12-23-13-5-1-2-6-14(13)25/h1-2,5-6,11-12H,3-4,9-10,20H2.